The number of nitrogens with two attached hydrogens (primary N) is 1. The molecule has 3 aliphatic heterocycles. The molecule has 1 unspecified atom stereocenters. The molecule has 10 heteroatoms. The zero-order chi connectivity index (χ0) is 21.8. The SMILES string of the molecule is Cl.Cl.NCCCCCCN1CCN(c2ccc3c(c2)CN(C2CCC(=O)NC2=O)C3=O)CC1. The van der Waals surface area contributed by atoms with Crippen LogP contribution in [0.5, 0.6) is 0 Å². The van der Waals surface area contributed by atoms with Crippen molar-refractivity contribution in [2.45, 2.75) is 51.1 Å². The molecule has 33 heavy (non-hydrogen) atoms. The number of fused-ring (bicyclic) bond motifs is 1. The summed E-state index contributed by atoms with van der Waals surface area (Å²) in [5.41, 5.74) is 8.33. The Kier molecular flexibility index (Phi) is 10.4. The zero-order valence-electron chi connectivity index (χ0n) is 19.0. The Bertz CT molecular complexity index is 845. The van der Waals surface area contributed by atoms with Gasteiger partial charge in [-0.2, -0.15) is 0 Å². The van der Waals surface area contributed by atoms with Crippen molar-refractivity contribution in [3.63, 3.8) is 0 Å². The Balaban J connectivity index is 0.00000193. The van der Waals surface area contributed by atoms with E-state index in [-0.39, 0.29) is 49.0 Å². The third-order valence-electron chi connectivity index (χ3n) is 6.67. The van der Waals surface area contributed by atoms with Gasteiger partial charge in [-0.3, -0.25) is 24.6 Å². The fourth-order valence-electron chi connectivity index (χ4n) is 4.82. The van der Waals surface area contributed by atoms with Crippen LogP contribution in [0.3, 0.4) is 0 Å². The van der Waals surface area contributed by atoms with Crippen LogP contribution < -0.4 is 16.0 Å². The van der Waals surface area contributed by atoms with E-state index in [0.717, 1.165) is 56.9 Å². The van der Waals surface area contributed by atoms with Crippen LogP contribution >= 0.6 is 24.8 Å². The average molecular weight is 500 g/mol. The minimum Gasteiger partial charge on any atom is -0.369 e. The maximum absolute atomic E-state index is 12.9. The number of piperidine rings is 1. The molecule has 0 aliphatic carbocycles. The number of nitrogens with one attached hydrogen (secondary N) is 1. The predicted molar refractivity (Wildman–Crippen MR) is 133 cm³/mol. The summed E-state index contributed by atoms with van der Waals surface area (Å²) < 4.78 is 0. The number of carbonyl (C=O) groups is 3. The van der Waals surface area contributed by atoms with Gasteiger partial charge < -0.3 is 15.5 Å². The molecular weight excluding hydrogens is 465 g/mol. The van der Waals surface area contributed by atoms with Crippen LogP contribution in [0.25, 0.3) is 0 Å². The van der Waals surface area contributed by atoms with Gasteiger partial charge in [0.15, 0.2) is 0 Å². The van der Waals surface area contributed by atoms with E-state index in [1.165, 1.54) is 19.3 Å². The molecule has 0 spiro atoms. The van der Waals surface area contributed by atoms with Crippen LogP contribution in [0.15, 0.2) is 18.2 Å². The van der Waals surface area contributed by atoms with E-state index in [2.05, 4.69) is 21.2 Å². The smallest absolute Gasteiger partial charge is 0.255 e. The first-order chi connectivity index (χ1) is 15.1. The van der Waals surface area contributed by atoms with Gasteiger partial charge in [0, 0.05) is 50.4 Å². The molecule has 3 aliphatic rings. The van der Waals surface area contributed by atoms with Crippen LogP contribution in [-0.4, -0.2) is 72.8 Å². The highest BCUT2D eigenvalue weighted by Crippen LogP contribution is 2.31. The van der Waals surface area contributed by atoms with Gasteiger partial charge >= 0.3 is 0 Å². The molecule has 0 radical (unpaired) electrons. The van der Waals surface area contributed by atoms with Gasteiger partial charge in [-0.05, 0) is 56.1 Å². The van der Waals surface area contributed by atoms with Crippen molar-refractivity contribution >= 4 is 48.2 Å². The lowest BCUT2D eigenvalue weighted by Gasteiger charge is -2.36. The summed E-state index contributed by atoms with van der Waals surface area (Å²) in [6.07, 6.45) is 5.50. The predicted octanol–water partition coefficient (Wildman–Crippen LogP) is 1.93. The number of piperazine rings is 1. The minimum atomic E-state index is -0.561. The molecule has 3 N–H and O–H groups in total. The monoisotopic (exact) mass is 499 g/mol. The van der Waals surface area contributed by atoms with Gasteiger partial charge in [0.25, 0.3) is 5.91 Å². The van der Waals surface area contributed by atoms with Crippen LogP contribution in [0.2, 0.25) is 0 Å². The summed E-state index contributed by atoms with van der Waals surface area (Å²) in [5, 5.41) is 2.35. The molecule has 2 saturated heterocycles. The molecular formula is C23H35Cl2N5O3. The summed E-state index contributed by atoms with van der Waals surface area (Å²) in [4.78, 5) is 43.0. The maximum Gasteiger partial charge on any atom is 0.255 e. The first-order valence-corrected chi connectivity index (χ1v) is 11.5. The normalized spacial score (nSPS) is 20.8. The van der Waals surface area contributed by atoms with Crippen LogP contribution in [0, 0.1) is 0 Å². The van der Waals surface area contributed by atoms with Gasteiger partial charge in [-0.25, -0.2) is 0 Å². The number of imide groups is 1. The third-order valence-corrected chi connectivity index (χ3v) is 6.67. The summed E-state index contributed by atoms with van der Waals surface area (Å²) in [5.74, 6) is -0.741. The summed E-state index contributed by atoms with van der Waals surface area (Å²) in [6, 6.07) is 5.45. The summed E-state index contributed by atoms with van der Waals surface area (Å²) in [6.45, 7) is 6.43. The van der Waals surface area contributed by atoms with Crippen molar-refractivity contribution in [3.8, 4) is 0 Å². The topological polar surface area (TPSA) is 99.0 Å². The zero-order valence-corrected chi connectivity index (χ0v) is 20.6. The van der Waals surface area contributed by atoms with Crippen molar-refractivity contribution in [1.82, 2.24) is 15.1 Å². The molecule has 184 valence electrons. The quantitative estimate of drug-likeness (QED) is 0.418. The van der Waals surface area contributed by atoms with Crippen molar-refractivity contribution in [1.29, 1.82) is 0 Å². The van der Waals surface area contributed by atoms with Crippen molar-refractivity contribution in [2.24, 2.45) is 5.73 Å². The molecule has 0 saturated carbocycles. The summed E-state index contributed by atoms with van der Waals surface area (Å²) in [7, 11) is 0. The second kappa shape index (κ2) is 12.6. The highest BCUT2D eigenvalue weighted by molar-refractivity contribution is 6.05. The van der Waals surface area contributed by atoms with Gasteiger partial charge in [-0.15, -0.1) is 24.8 Å². The number of benzene rings is 1. The van der Waals surface area contributed by atoms with E-state index in [0.29, 0.717) is 18.5 Å². The first-order valence-electron chi connectivity index (χ1n) is 11.5. The number of amides is 3. The lowest BCUT2D eigenvalue weighted by Crippen LogP contribution is -2.52. The largest absolute Gasteiger partial charge is 0.369 e. The molecule has 1 aromatic rings. The third kappa shape index (κ3) is 6.38. The second-order valence-electron chi connectivity index (χ2n) is 8.77. The fraction of sp³-hybridized carbons (Fsp3) is 0.609. The molecule has 8 nitrogen and oxygen atoms in total. The van der Waals surface area contributed by atoms with E-state index in [1.807, 2.05) is 12.1 Å². The number of hydrogen-bond acceptors (Lipinski definition) is 6. The van der Waals surface area contributed by atoms with E-state index < -0.39 is 6.04 Å². The number of unbranched alkanes of at least 4 members (excludes halogenated alkanes) is 3. The van der Waals surface area contributed by atoms with Crippen LogP contribution in [0.1, 0.15) is 54.4 Å². The standard InChI is InChI=1S/C23H33N5O3.2ClH/c24-9-3-1-2-4-10-26-11-13-27(14-12-26)18-5-6-19-17(15-18)16-28(23(19)31)20-7-8-21(29)25-22(20)30;;/h5-6,15,20H,1-4,7-14,16,24H2,(H,25,29,30);2*1H. The molecule has 0 bridgehead atoms. The van der Waals surface area contributed by atoms with E-state index in [1.54, 1.807) is 4.90 Å². The lowest BCUT2D eigenvalue weighted by molar-refractivity contribution is -0.136. The number of nitrogens with zero attached hydrogens (tertiary/aromatic N) is 3. The molecule has 4 rings (SSSR count). The van der Waals surface area contributed by atoms with E-state index in [4.69, 9.17) is 5.73 Å². The molecule has 1 aromatic carbocycles. The Labute approximate surface area is 208 Å². The molecule has 3 amide bonds. The maximum atomic E-state index is 12.9. The van der Waals surface area contributed by atoms with Crippen LogP contribution in [-0.2, 0) is 16.1 Å². The van der Waals surface area contributed by atoms with Crippen LogP contribution in [0.4, 0.5) is 5.69 Å². The number of halogens is 2. The average Bonchev–Trinajstić information content (AvgIpc) is 3.09. The van der Waals surface area contributed by atoms with E-state index in [9.17, 15) is 14.4 Å². The fourth-order valence-corrected chi connectivity index (χ4v) is 4.82. The van der Waals surface area contributed by atoms with Gasteiger partial charge in [0.1, 0.15) is 6.04 Å². The van der Waals surface area contributed by atoms with E-state index >= 15 is 0 Å². The molecule has 1 atom stereocenters. The highest BCUT2D eigenvalue weighted by Gasteiger charge is 2.39. The second-order valence-corrected chi connectivity index (χ2v) is 8.77. The lowest BCUT2D eigenvalue weighted by atomic mass is 10.0. The van der Waals surface area contributed by atoms with Crippen molar-refractivity contribution < 1.29 is 14.4 Å². The Morgan fingerprint density at radius 1 is 0.970 bits per heavy atom. The Morgan fingerprint density at radius 2 is 1.70 bits per heavy atom. The Morgan fingerprint density at radius 3 is 2.39 bits per heavy atom. The van der Waals surface area contributed by atoms with Gasteiger partial charge in [-0.1, -0.05) is 12.8 Å². The number of rotatable bonds is 8. The molecule has 2 fully saturated rings. The number of hydrogen-bond donors (Lipinski definition) is 2. The van der Waals surface area contributed by atoms with Gasteiger partial charge in [0.2, 0.25) is 11.8 Å². The minimum absolute atomic E-state index is 0. The number of anilines is 1. The number of carbonyl (C=O) groups excluding carboxylic acids is 3. The molecule has 0 aromatic heterocycles. The van der Waals surface area contributed by atoms with Gasteiger partial charge in [0.05, 0.1) is 0 Å². The van der Waals surface area contributed by atoms with Crippen molar-refractivity contribution in [3.05, 3.63) is 29.3 Å². The Hall–Kier alpha value is -1.87. The summed E-state index contributed by atoms with van der Waals surface area (Å²) >= 11 is 0. The highest BCUT2D eigenvalue weighted by atomic mass is 35.5. The van der Waals surface area contributed by atoms with Crippen molar-refractivity contribution in [2.75, 3.05) is 44.2 Å². The molecule has 3 heterocycles. The first kappa shape index (κ1) is 27.4.